The van der Waals surface area contributed by atoms with E-state index >= 15 is 0 Å². The second-order valence-corrected chi connectivity index (χ2v) is 6.02. The Morgan fingerprint density at radius 1 is 1.39 bits per heavy atom. The number of nitrogens with two attached hydrogens (primary N) is 1. The molecule has 0 spiro atoms. The molecule has 1 aromatic heterocycles. The smallest absolute Gasteiger partial charge is 0.177 e. The fraction of sp³-hybridized carbons (Fsp3) is 0.615. The predicted octanol–water partition coefficient (Wildman–Crippen LogP) is 3.39. The second kappa shape index (κ2) is 6.09. The highest BCUT2D eigenvalue weighted by Crippen LogP contribution is 2.43. The Kier molecular flexibility index (Phi) is 5.02. The van der Waals surface area contributed by atoms with Gasteiger partial charge in [-0.25, -0.2) is 0 Å². The number of nitrogen functional groups attached to an aromatic ring is 1. The van der Waals surface area contributed by atoms with E-state index in [1.165, 1.54) is 18.3 Å². The van der Waals surface area contributed by atoms with E-state index in [-0.39, 0.29) is 11.9 Å². The molecule has 0 fully saturated rings. The van der Waals surface area contributed by atoms with Gasteiger partial charge in [-0.3, -0.25) is 4.79 Å². The van der Waals surface area contributed by atoms with E-state index in [4.69, 9.17) is 10.5 Å². The molecule has 0 amide bonds. The van der Waals surface area contributed by atoms with Gasteiger partial charge in [-0.05, 0) is 19.8 Å². The standard InChI is InChI=1S/C13H22N2O2S/c1-7(2)6-15-13-11(17-8(3)4)10(14)12(18-13)9(5)16/h7-8,15H,6,14H2,1-5H3. The summed E-state index contributed by atoms with van der Waals surface area (Å²) in [6.45, 7) is 10.5. The largest absolute Gasteiger partial charge is 0.486 e. The minimum atomic E-state index is -0.0243. The molecule has 0 saturated carbocycles. The van der Waals surface area contributed by atoms with Crippen molar-refractivity contribution in [2.75, 3.05) is 17.6 Å². The van der Waals surface area contributed by atoms with Gasteiger partial charge in [-0.1, -0.05) is 13.8 Å². The summed E-state index contributed by atoms with van der Waals surface area (Å²) in [5, 5.41) is 4.14. The molecule has 18 heavy (non-hydrogen) atoms. The fourth-order valence-corrected chi connectivity index (χ4v) is 2.41. The topological polar surface area (TPSA) is 64.3 Å². The number of anilines is 2. The number of Topliss-reactive ketones (excluding diaryl/α,β-unsaturated/α-hetero) is 1. The summed E-state index contributed by atoms with van der Waals surface area (Å²) in [4.78, 5) is 12.1. The minimum Gasteiger partial charge on any atom is -0.486 e. The van der Waals surface area contributed by atoms with E-state index in [1.807, 2.05) is 13.8 Å². The normalized spacial score (nSPS) is 11.1. The van der Waals surface area contributed by atoms with E-state index in [0.29, 0.717) is 22.2 Å². The highest BCUT2D eigenvalue weighted by Gasteiger charge is 2.20. The second-order valence-electron chi connectivity index (χ2n) is 5.00. The lowest BCUT2D eigenvalue weighted by Gasteiger charge is -2.13. The van der Waals surface area contributed by atoms with Crippen LogP contribution in [0.1, 0.15) is 44.3 Å². The average Bonchev–Trinajstić information content (AvgIpc) is 2.53. The van der Waals surface area contributed by atoms with Crippen LogP contribution in [0.5, 0.6) is 5.75 Å². The third-order valence-corrected chi connectivity index (χ3v) is 3.49. The van der Waals surface area contributed by atoms with Gasteiger partial charge in [-0.15, -0.1) is 11.3 Å². The summed E-state index contributed by atoms with van der Waals surface area (Å²) >= 11 is 1.37. The molecule has 0 aliphatic carbocycles. The molecule has 1 aromatic rings. The number of hydrogen-bond donors (Lipinski definition) is 2. The van der Waals surface area contributed by atoms with Crippen molar-refractivity contribution in [2.24, 2.45) is 5.92 Å². The number of rotatable bonds is 6. The van der Waals surface area contributed by atoms with E-state index in [2.05, 4.69) is 19.2 Å². The van der Waals surface area contributed by atoms with Crippen LogP contribution in [0.15, 0.2) is 0 Å². The lowest BCUT2D eigenvalue weighted by Crippen LogP contribution is -2.11. The van der Waals surface area contributed by atoms with E-state index < -0.39 is 0 Å². The van der Waals surface area contributed by atoms with Crippen molar-refractivity contribution in [1.82, 2.24) is 0 Å². The zero-order valence-corrected chi connectivity index (χ0v) is 12.5. The van der Waals surface area contributed by atoms with Gasteiger partial charge in [0.15, 0.2) is 11.5 Å². The van der Waals surface area contributed by atoms with Crippen molar-refractivity contribution in [2.45, 2.75) is 40.7 Å². The zero-order valence-electron chi connectivity index (χ0n) is 11.7. The molecule has 3 N–H and O–H groups in total. The highest BCUT2D eigenvalue weighted by molar-refractivity contribution is 7.19. The molecule has 1 rings (SSSR count). The summed E-state index contributed by atoms with van der Waals surface area (Å²) in [6.07, 6.45) is 0.0290. The molecule has 102 valence electrons. The Balaban J connectivity index is 3.05. The van der Waals surface area contributed by atoms with Crippen LogP contribution in [0, 0.1) is 5.92 Å². The molecular formula is C13H22N2O2S. The van der Waals surface area contributed by atoms with Crippen LogP contribution in [0.3, 0.4) is 0 Å². The Hall–Kier alpha value is -1.23. The summed E-state index contributed by atoms with van der Waals surface area (Å²) < 4.78 is 5.71. The highest BCUT2D eigenvalue weighted by atomic mass is 32.1. The van der Waals surface area contributed by atoms with Crippen LogP contribution in [0.4, 0.5) is 10.7 Å². The third kappa shape index (κ3) is 3.63. The van der Waals surface area contributed by atoms with Gasteiger partial charge in [-0.2, -0.15) is 0 Å². The fourth-order valence-electron chi connectivity index (χ4n) is 1.46. The minimum absolute atomic E-state index is 0.0243. The van der Waals surface area contributed by atoms with Crippen molar-refractivity contribution < 1.29 is 9.53 Å². The number of thiophene rings is 1. The van der Waals surface area contributed by atoms with Crippen LogP contribution < -0.4 is 15.8 Å². The lowest BCUT2D eigenvalue weighted by atomic mass is 10.2. The molecule has 0 radical (unpaired) electrons. The van der Waals surface area contributed by atoms with E-state index in [1.54, 1.807) is 0 Å². The molecule has 5 heteroatoms. The van der Waals surface area contributed by atoms with Gasteiger partial charge in [0.2, 0.25) is 0 Å². The SMILES string of the molecule is CC(=O)c1sc(NCC(C)C)c(OC(C)C)c1N. The molecule has 0 bridgehead atoms. The van der Waals surface area contributed by atoms with Gasteiger partial charge in [0.1, 0.15) is 5.00 Å². The maximum Gasteiger partial charge on any atom is 0.177 e. The van der Waals surface area contributed by atoms with Crippen molar-refractivity contribution in [3.63, 3.8) is 0 Å². The van der Waals surface area contributed by atoms with Gasteiger partial charge in [0.05, 0.1) is 16.7 Å². The third-order valence-electron chi connectivity index (χ3n) is 2.24. The van der Waals surface area contributed by atoms with Gasteiger partial charge >= 0.3 is 0 Å². The lowest BCUT2D eigenvalue weighted by molar-refractivity contribution is 0.102. The summed E-state index contributed by atoms with van der Waals surface area (Å²) in [5.41, 5.74) is 6.44. The maximum absolute atomic E-state index is 11.5. The summed E-state index contributed by atoms with van der Waals surface area (Å²) in [6, 6.07) is 0. The zero-order chi connectivity index (χ0) is 13.9. The summed E-state index contributed by atoms with van der Waals surface area (Å²) in [5.74, 6) is 1.10. The van der Waals surface area contributed by atoms with Crippen LogP contribution >= 0.6 is 11.3 Å². The summed E-state index contributed by atoms with van der Waals surface area (Å²) in [7, 11) is 0. The molecule has 4 nitrogen and oxygen atoms in total. The number of nitrogens with one attached hydrogen (secondary N) is 1. The molecule has 0 aromatic carbocycles. The van der Waals surface area contributed by atoms with Crippen LogP contribution in [-0.2, 0) is 0 Å². The molecule has 0 atom stereocenters. The van der Waals surface area contributed by atoms with Crippen LogP contribution in [0.2, 0.25) is 0 Å². The molecule has 1 heterocycles. The average molecular weight is 270 g/mol. The molecule has 0 unspecified atom stereocenters. The van der Waals surface area contributed by atoms with Crippen molar-refractivity contribution in [1.29, 1.82) is 0 Å². The van der Waals surface area contributed by atoms with E-state index in [9.17, 15) is 4.79 Å². The number of carbonyl (C=O) groups is 1. The first-order valence-electron chi connectivity index (χ1n) is 6.16. The Labute approximate surface area is 113 Å². The van der Waals surface area contributed by atoms with Gasteiger partial charge < -0.3 is 15.8 Å². The first-order chi connectivity index (χ1) is 8.32. The van der Waals surface area contributed by atoms with Crippen molar-refractivity contribution in [3.05, 3.63) is 4.88 Å². The van der Waals surface area contributed by atoms with E-state index in [0.717, 1.165) is 11.5 Å². The van der Waals surface area contributed by atoms with Gasteiger partial charge in [0, 0.05) is 13.5 Å². The van der Waals surface area contributed by atoms with Crippen LogP contribution in [0.25, 0.3) is 0 Å². The first-order valence-corrected chi connectivity index (χ1v) is 6.98. The molecular weight excluding hydrogens is 248 g/mol. The molecule has 0 saturated heterocycles. The predicted molar refractivity (Wildman–Crippen MR) is 77.8 cm³/mol. The van der Waals surface area contributed by atoms with Crippen molar-refractivity contribution >= 4 is 27.8 Å². The van der Waals surface area contributed by atoms with Crippen LogP contribution in [-0.4, -0.2) is 18.4 Å². The molecule has 0 aliphatic rings. The number of hydrogen-bond acceptors (Lipinski definition) is 5. The Morgan fingerprint density at radius 3 is 2.44 bits per heavy atom. The number of ether oxygens (including phenoxy) is 1. The maximum atomic E-state index is 11.5. The quantitative estimate of drug-likeness (QED) is 0.778. The molecule has 0 aliphatic heterocycles. The monoisotopic (exact) mass is 270 g/mol. The first kappa shape index (κ1) is 14.8. The number of ketones is 1. The van der Waals surface area contributed by atoms with Crippen molar-refractivity contribution in [3.8, 4) is 5.75 Å². The number of carbonyl (C=O) groups excluding carboxylic acids is 1. The van der Waals surface area contributed by atoms with Gasteiger partial charge in [0.25, 0.3) is 0 Å². The Bertz CT molecular complexity index is 425. The Morgan fingerprint density at radius 2 is 2.00 bits per heavy atom.